The molecule has 0 aliphatic heterocycles. The molecule has 0 radical (unpaired) electrons. The maximum atomic E-state index is 11.9. The van der Waals surface area contributed by atoms with Gasteiger partial charge < -0.3 is 4.90 Å². The fourth-order valence-electron chi connectivity index (χ4n) is 1.15. The molecule has 1 aromatic heterocycles. The third kappa shape index (κ3) is 3.22. The number of alkyl halides is 2. The van der Waals surface area contributed by atoms with E-state index in [1.165, 1.54) is 11.0 Å². The van der Waals surface area contributed by atoms with E-state index in [-0.39, 0.29) is 20.9 Å². The van der Waals surface area contributed by atoms with Crippen molar-refractivity contribution in [2.24, 2.45) is 0 Å². The van der Waals surface area contributed by atoms with Gasteiger partial charge in [-0.3, -0.25) is 19.9 Å². The highest BCUT2D eigenvalue weighted by molar-refractivity contribution is 9.24. The average Bonchev–Trinajstić information content (AvgIpc) is 2.26. The highest BCUT2D eigenvalue weighted by Gasteiger charge is 2.22. The molecule has 0 aliphatic rings. The lowest BCUT2D eigenvalue weighted by Gasteiger charge is -2.13. The van der Waals surface area contributed by atoms with Crippen LogP contribution in [0.5, 0.6) is 0 Å². The molecule has 0 fully saturated rings. The molecule has 0 saturated carbocycles. The summed E-state index contributed by atoms with van der Waals surface area (Å²) in [4.78, 5) is 27.2. The minimum absolute atomic E-state index is 0.197. The van der Waals surface area contributed by atoms with Gasteiger partial charge in [0.15, 0.2) is 0 Å². The molecule has 92 valence electrons. The van der Waals surface area contributed by atoms with Crippen LogP contribution >= 0.6 is 31.9 Å². The summed E-state index contributed by atoms with van der Waals surface area (Å²) in [6.45, 7) is 0. The van der Waals surface area contributed by atoms with Crippen LogP contribution in [0.2, 0.25) is 0 Å². The first-order chi connectivity index (χ1) is 7.84. The Morgan fingerprint density at radius 1 is 1.53 bits per heavy atom. The Kier molecular flexibility index (Phi) is 4.58. The van der Waals surface area contributed by atoms with Crippen molar-refractivity contribution in [2.45, 2.75) is 3.74 Å². The number of nitro groups is 1. The van der Waals surface area contributed by atoms with E-state index in [0.717, 1.165) is 6.20 Å². The molecule has 0 unspecified atom stereocenters. The number of carbonyl (C=O) groups excluding carboxylic acids is 1. The minimum Gasteiger partial charge on any atom is -0.345 e. The van der Waals surface area contributed by atoms with Crippen molar-refractivity contribution in [3.63, 3.8) is 0 Å². The summed E-state index contributed by atoms with van der Waals surface area (Å²) < 4.78 is -0.338. The second kappa shape index (κ2) is 5.54. The number of halogens is 2. The normalized spacial score (nSPS) is 10.4. The zero-order chi connectivity index (χ0) is 13.2. The number of aromatic nitrogens is 1. The third-order valence-corrected chi connectivity index (χ3v) is 2.83. The van der Waals surface area contributed by atoms with Crippen LogP contribution in [0.1, 0.15) is 19.8 Å². The van der Waals surface area contributed by atoms with Gasteiger partial charge in [0.25, 0.3) is 11.6 Å². The summed E-state index contributed by atoms with van der Waals surface area (Å²) in [5, 5.41) is 10.6. The van der Waals surface area contributed by atoms with Crippen LogP contribution in [0.4, 0.5) is 5.69 Å². The van der Waals surface area contributed by atoms with Crippen LogP contribution in [-0.2, 0) is 0 Å². The van der Waals surface area contributed by atoms with Gasteiger partial charge in [-0.05, 0) is 0 Å². The lowest BCUT2D eigenvalue weighted by Crippen LogP contribution is -2.23. The number of hydrogen-bond donors (Lipinski definition) is 0. The van der Waals surface area contributed by atoms with Gasteiger partial charge in [-0.2, -0.15) is 0 Å². The number of hydrogen-bond acceptors (Lipinski definition) is 4. The summed E-state index contributed by atoms with van der Waals surface area (Å²) in [5.74, 6) is -0.333. The number of pyridine rings is 1. The lowest BCUT2D eigenvalue weighted by atomic mass is 10.1. The van der Waals surface area contributed by atoms with Crippen LogP contribution in [-0.4, -0.2) is 34.8 Å². The molecule has 1 rings (SSSR count). The Morgan fingerprint density at radius 2 is 2.12 bits per heavy atom. The van der Waals surface area contributed by atoms with Gasteiger partial charge >= 0.3 is 0 Å². The molecule has 0 bridgehead atoms. The fraction of sp³-hybridized carbons (Fsp3) is 0.333. The van der Waals surface area contributed by atoms with Crippen molar-refractivity contribution in [2.75, 3.05) is 14.1 Å². The quantitative estimate of drug-likeness (QED) is 0.467. The molecule has 1 heterocycles. The Morgan fingerprint density at radius 3 is 2.53 bits per heavy atom. The number of rotatable bonds is 3. The van der Waals surface area contributed by atoms with Gasteiger partial charge in [0.2, 0.25) is 0 Å². The number of nitrogens with zero attached hydrogens (tertiary/aromatic N) is 3. The predicted octanol–water partition coefficient (Wildman–Crippen LogP) is 2.48. The zero-order valence-corrected chi connectivity index (χ0v) is 12.2. The van der Waals surface area contributed by atoms with Crippen LogP contribution in [0, 0.1) is 10.1 Å². The van der Waals surface area contributed by atoms with E-state index in [2.05, 4.69) is 36.8 Å². The molecule has 0 spiro atoms. The summed E-state index contributed by atoms with van der Waals surface area (Å²) in [6.07, 6.45) is 1.12. The van der Waals surface area contributed by atoms with Gasteiger partial charge in [0.1, 0.15) is 9.93 Å². The largest absolute Gasteiger partial charge is 0.345 e. The first kappa shape index (κ1) is 14.0. The molecule has 0 aromatic carbocycles. The SMILES string of the molecule is CN(C)C(=O)c1cc([N+](=O)[O-])cnc1C(Br)Br. The maximum Gasteiger partial charge on any atom is 0.288 e. The molecule has 0 aliphatic carbocycles. The smallest absolute Gasteiger partial charge is 0.288 e. The van der Waals surface area contributed by atoms with Crippen LogP contribution < -0.4 is 0 Å². The van der Waals surface area contributed by atoms with E-state index in [0.29, 0.717) is 5.69 Å². The summed E-state index contributed by atoms with van der Waals surface area (Å²) in [5.41, 5.74) is 0.400. The first-order valence-electron chi connectivity index (χ1n) is 4.48. The van der Waals surface area contributed by atoms with Gasteiger partial charge in [-0.15, -0.1) is 0 Å². The summed E-state index contributed by atoms with van der Waals surface area (Å²) >= 11 is 6.45. The number of amides is 1. The maximum absolute atomic E-state index is 11.9. The Labute approximate surface area is 114 Å². The molecule has 1 aromatic rings. The van der Waals surface area contributed by atoms with Crippen molar-refractivity contribution in [3.8, 4) is 0 Å². The summed E-state index contributed by atoms with van der Waals surface area (Å²) in [7, 11) is 3.14. The Hall–Kier alpha value is -1.02. The number of carbonyl (C=O) groups is 1. The fourth-order valence-corrected chi connectivity index (χ4v) is 1.88. The Balaban J connectivity index is 3.35. The molecular formula is C9H9Br2N3O3. The first-order valence-corrected chi connectivity index (χ1v) is 6.32. The molecule has 17 heavy (non-hydrogen) atoms. The van der Waals surface area contributed by atoms with Crippen molar-refractivity contribution >= 4 is 43.5 Å². The summed E-state index contributed by atoms with van der Waals surface area (Å²) in [6, 6.07) is 1.22. The van der Waals surface area contributed by atoms with Crippen molar-refractivity contribution < 1.29 is 9.72 Å². The monoisotopic (exact) mass is 365 g/mol. The molecule has 6 nitrogen and oxygen atoms in total. The Bertz CT molecular complexity index is 463. The molecule has 8 heteroatoms. The third-order valence-electron chi connectivity index (χ3n) is 1.96. The molecular weight excluding hydrogens is 358 g/mol. The highest BCUT2D eigenvalue weighted by Crippen LogP contribution is 2.31. The topological polar surface area (TPSA) is 76.3 Å². The van der Waals surface area contributed by atoms with Crippen LogP contribution in [0.15, 0.2) is 12.3 Å². The molecule has 0 saturated heterocycles. The molecule has 0 atom stereocenters. The average molecular weight is 367 g/mol. The van der Waals surface area contributed by atoms with E-state index >= 15 is 0 Å². The van der Waals surface area contributed by atoms with E-state index in [1.54, 1.807) is 14.1 Å². The van der Waals surface area contributed by atoms with Gasteiger partial charge in [0.05, 0.1) is 16.2 Å². The second-order valence-electron chi connectivity index (χ2n) is 3.38. The van der Waals surface area contributed by atoms with Crippen LogP contribution in [0.3, 0.4) is 0 Å². The van der Waals surface area contributed by atoms with Gasteiger partial charge in [-0.25, -0.2) is 0 Å². The van der Waals surface area contributed by atoms with Crippen molar-refractivity contribution in [1.29, 1.82) is 0 Å². The van der Waals surface area contributed by atoms with Crippen LogP contribution in [0.25, 0.3) is 0 Å². The van der Waals surface area contributed by atoms with E-state index in [4.69, 9.17) is 0 Å². The zero-order valence-electron chi connectivity index (χ0n) is 9.05. The molecule has 0 N–H and O–H groups in total. The van der Waals surface area contributed by atoms with Gasteiger partial charge in [-0.1, -0.05) is 31.9 Å². The van der Waals surface area contributed by atoms with E-state index in [9.17, 15) is 14.9 Å². The standard InChI is InChI=1S/C9H9Br2N3O3/c1-13(2)9(15)6-3-5(14(16)17)4-12-7(6)8(10)11/h3-4,8H,1-2H3. The predicted molar refractivity (Wildman–Crippen MR) is 69.5 cm³/mol. The minimum atomic E-state index is -0.583. The lowest BCUT2D eigenvalue weighted by molar-refractivity contribution is -0.385. The highest BCUT2D eigenvalue weighted by atomic mass is 79.9. The second-order valence-corrected chi connectivity index (χ2v) is 6.44. The van der Waals surface area contributed by atoms with Crippen molar-refractivity contribution in [1.82, 2.24) is 9.88 Å². The van der Waals surface area contributed by atoms with E-state index in [1.807, 2.05) is 0 Å². The molecule has 1 amide bonds. The van der Waals surface area contributed by atoms with Gasteiger partial charge in [0, 0.05) is 20.2 Å². The van der Waals surface area contributed by atoms with Crippen molar-refractivity contribution in [3.05, 3.63) is 33.6 Å². The van der Waals surface area contributed by atoms with E-state index < -0.39 is 4.92 Å².